The molecule has 10 nitrogen and oxygen atoms in total. The Balaban J connectivity index is 1.65. The second-order valence-electron chi connectivity index (χ2n) is 5.61. The van der Waals surface area contributed by atoms with Crippen molar-refractivity contribution in [3.63, 3.8) is 0 Å². The van der Waals surface area contributed by atoms with E-state index in [2.05, 4.69) is 15.2 Å². The van der Waals surface area contributed by atoms with E-state index >= 15 is 0 Å². The van der Waals surface area contributed by atoms with Gasteiger partial charge >= 0.3 is 0 Å². The molecule has 0 saturated carbocycles. The second-order valence-corrected chi connectivity index (χ2v) is 5.61. The maximum atomic E-state index is 12.1. The highest BCUT2D eigenvalue weighted by atomic mass is 16.5. The molecule has 1 aromatic heterocycles. The molecule has 0 spiro atoms. The van der Waals surface area contributed by atoms with E-state index < -0.39 is 0 Å². The summed E-state index contributed by atoms with van der Waals surface area (Å²) in [5.41, 5.74) is 6.38. The number of aryl methyl sites for hydroxylation is 1. The Labute approximate surface area is 147 Å². The third-order valence-corrected chi connectivity index (χ3v) is 3.83. The first kappa shape index (κ1) is 19.3. The van der Waals surface area contributed by atoms with Crippen molar-refractivity contribution in [1.29, 1.82) is 0 Å². The number of methoxy groups -OCH3 is 1. The number of piperazine rings is 1. The lowest BCUT2D eigenvalue weighted by molar-refractivity contribution is -0.137. The predicted molar refractivity (Wildman–Crippen MR) is 91.3 cm³/mol. The molecule has 1 fully saturated rings. The van der Waals surface area contributed by atoms with Crippen molar-refractivity contribution in [3.8, 4) is 0 Å². The molecule has 0 bridgehead atoms. The van der Waals surface area contributed by atoms with Gasteiger partial charge in [-0.2, -0.15) is 4.98 Å². The molecule has 1 saturated heterocycles. The van der Waals surface area contributed by atoms with E-state index in [-0.39, 0.29) is 12.5 Å². The van der Waals surface area contributed by atoms with Crippen LogP contribution in [0, 0.1) is 6.92 Å². The number of amides is 1. The normalized spacial score (nSPS) is 14.8. The molecule has 2 heterocycles. The van der Waals surface area contributed by atoms with Crippen LogP contribution in [-0.2, 0) is 19.0 Å². The quantitative estimate of drug-likeness (QED) is 0.563. The minimum Gasteiger partial charge on any atom is -0.382 e. The van der Waals surface area contributed by atoms with Gasteiger partial charge in [0.05, 0.1) is 26.4 Å². The summed E-state index contributed by atoms with van der Waals surface area (Å²) in [6, 6.07) is 0. The van der Waals surface area contributed by atoms with Gasteiger partial charge in [-0.05, 0) is 6.92 Å². The van der Waals surface area contributed by atoms with E-state index in [0.717, 1.165) is 0 Å². The number of hydrogen-bond acceptors (Lipinski definition) is 9. The van der Waals surface area contributed by atoms with Gasteiger partial charge in [0.1, 0.15) is 12.3 Å². The Bertz CT molecular complexity index is 551. The van der Waals surface area contributed by atoms with Crippen LogP contribution in [0.25, 0.3) is 0 Å². The molecule has 1 aliphatic heterocycles. The minimum absolute atomic E-state index is 0.0287. The summed E-state index contributed by atoms with van der Waals surface area (Å²) in [5.74, 6) is 0.850. The first-order valence-corrected chi connectivity index (χ1v) is 8.25. The number of nitrogen functional groups attached to an aromatic ring is 1. The lowest BCUT2D eigenvalue weighted by atomic mass is 10.3. The number of nitrogens with two attached hydrogens (primary N) is 1. The van der Waals surface area contributed by atoms with E-state index in [4.69, 9.17) is 19.9 Å². The van der Waals surface area contributed by atoms with Crippen molar-refractivity contribution in [2.75, 3.05) is 77.0 Å². The number of anilines is 2. The van der Waals surface area contributed by atoms with E-state index in [1.165, 1.54) is 0 Å². The molecule has 1 amide bonds. The monoisotopic (exact) mass is 354 g/mol. The van der Waals surface area contributed by atoms with Crippen LogP contribution in [0.1, 0.15) is 5.69 Å². The number of ether oxygens (including phenoxy) is 3. The van der Waals surface area contributed by atoms with Crippen LogP contribution in [0.4, 0.5) is 11.8 Å². The molecule has 0 atom stereocenters. The Morgan fingerprint density at radius 3 is 2.44 bits per heavy atom. The van der Waals surface area contributed by atoms with Crippen molar-refractivity contribution < 1.29 is 19.0 Å². The number of carbonyl (C=O) groups is 1. The first-order valence-electron chi connectivity index (χ1n) is 8.25. The average molecular weight is 354 g/mol. The molecule has 0 unspecified atom stereocenters. The lowest BCUT2D eigenvalue weighted by Gasteiger charge is -2.34. The van der Waals surface area contributed by atoms with Crippen molar-refractivity contribution in [1.82, 2.24) is 20.1 Å². The zero-order valence-corrected chi connectivity index (χ0v) is 14.8. The number of hydrogen-bond donors (Lipinski definition) is 1. The highest BCUT2D eigenvalue weighted by molar-refractivity contribution is 5.77. The molecule has 25 heavy (non-hydrogen) atoms. The number of rotatable bonds is 9. The van der Waals surface area contributed by atoms with Gasteiger partial charge in [0, 0.05) is 33.3 Å². The minimum atomic E-state index is -0.0287. The van der Waals surface area contributed by atoms with Gasteiger partial charge < -0.3 is 29.7 Å². The summed E-state index contributed by atoms with van der Waals surface area (Å²) in [5, 5.41) is 8.04. The molecule has 0 radical (unpaired) electrons. The van der Waals surface area contributed by atoms with Gasteiger partial charge in [0.15, 0.2) is 5.82 Å². The second kappa shape index (κ2) is 10.1. The summed E-state index contributed by atoms with van der Waals surface area (Å²) in [6.07, 6.45) is 0. The van der Waals surface area contributed by atoms with Gasteiger partial charge in [0.2, 0.25) is 11.9 Å². The summed E-state index contributed by atoms with van der Waals surface area (Å²) in [4.78, 5) is 20.1. The zero-order chi connectivity index (χ0) is 18.1. The molecule has 10 heteroatoms. The third-order valence-electron chi connectivity index (χ3n) is 3.83. The van der Waals surface area contributed by atoms with Crippen LogP contribution >= 0.6 is 0 Å². The average Bonchev–Trinajstić information content (AvgIpc) is 2.63. The van der Waals surface area contributed by atoms with E-state index in [9.17, 15) is 4.79 Å². The van der Waals surface area contributed by atoms with Gasteiger partial charge in [0.25, 0.3) is 0 Å². The largest absolute Gasteiger partial charge is 0.382 e. The van der Waals surface area contributed by atoms with Crippen LogP contribution in [0.3, 0.4) is 0 Å². The third kappa shape index (κ3) is 6.07. The number of carbonyl (C=O) groups excluding carboxylic acids is 1. The molecule has 2 N–H and O–H groups in total. The van der Waals surface area contributed by atoms with Gasteiger partial charge in [-0.3, -0.25) is 4.79 Å². The van der Waals surface area contributed by atoms with Crippen molar-refractivity contribution in [2.24, 2.45) is 0 Å². The van der Waals surface area contributed by atoms with Crippen LogP contribution in [0.5, 0.6) is 0 Å². The molecule has 140 valence electrons. The van der Waals surface area contributed by atoms with E-state index in [0.29, 0.717) is 70.1 Å². The zero-order valence-electron chi connectivity index (χ0n) is 14.8. The Hall–Kier alpha value is -2.04. The topological polar surface area (TPSA) is 116 Å². The van der Waals surface area contributed by atoms with Gasteiger partial charge in [-0.25, -0.2) is 0 Å². The maximum Gasteiger partial charge on any atom is 0.248 e. The summed E-state index contributed by atoms with van der Waals surface area (Å²) in [7, 11) is 1.62. The molecule has 1 aliphatic rings. The molecule has 2 rings (SSSR count). The van der Waals surface area contributed by atoms with E-state index in [1.54, 1.807) is 18.9 Å². The fourth-order valence-corrected chi connectivity index (χ4v) is 2.28. The van der Waals surface area contributed by atoms with Crippen LogP contribution in [0.2, 0.25) is 0 Å². The van der Waals surface area contributed by atoms with E-state index in [1.807, 2.05) is 4.90 Å². The van der Waals surface area contributed by atoms with Crippen molar-refractivity contribution >= 4 is 17.7 Å². The van der Waals surface area contributed by atoms with Crippen LogP contribution < -0.4 is 10.6 Å². The fraction of sp³-hybridized carbons (Fsp3) is 0.733. The smallest absolute Gasteiger partial charge is 0.248 e. The van der Waals surface area contributed by atoms with Gasteiger partial charge in [-0.1, -0.05) is 0 Å². The molecular formula is C15H26N6O4. The molecular weight excluding hydrogens is 328 g/mol. The fourth-order valence-electron chi connectivity index (χ4n) is 2.28. The highest BCUT2D eigenvalue weighted by Gasteiger charge is 2.23. The van der Waals surface area contributed by atoms with Crippen LogP contribution in [-0.4, -0.2) is 92.3 Å². The number of aromatic nitrogens is 3. The Kier molecular flexibility index (Phi) is 7.76. The summed E-state index contributed by atoms with van der Waals surface area (Å²) in [6.45, 7) is 6.17. The highest BCUT2D eigenvalue weighted by Crippen LogP contribution is 2.13. The Morgan fingerprint density at radius 1 is 1.08 bits per heavy atom. The van der Waals surface area contributed by atoms with Crippen molar-refractivity contribution in [3.05, 3.63) is 5.69 Å². The first-order chi connectivity index (χ1) is 12.1. The SMILES string of the molecule is COCCOCCOCC(=O)N1CCN(c2nnc(C)c(N)n2)CC1. The molecule has 0 aliphatic carbocycles. The molecule has 1 aromatic rings. The summed E-state index contributed by atoms with van der Waals surface area (Å²) < 4.78 is 15.5. The van der Waals surface area contributed by atoms with Gasteiger partial charge in [-0.15, -0.1) is 10.2 Å². The predicted octanol–water partition coefficient (Wildman–Crippen LogP) is -0.910. The number of nitrogens with zero attached hydrogens (tertiary/aromatic N) is 5. The lowest BCUT2D eigenvalue weighted by Crippen LogP contribution is -2.50. The molecule has 0 aromatic carbocycles. The van der Waals surface area contributed by atoms with Crippen LogP contribution in [0.15, 0.2) is 0 Å². The standard InChI is InChI=1S/C15H26N6O4/c1-12-14(16)17-15(19-18-12)21-5-3-20(4-6-21)13(22)11-25-10-9-24-8-7-23-2/h3-11H2,1-2H3,(H2,16,17,19). The Morgan fingerprint density at radius 2 is 1.76 bits per heavy atom. The maximum absolute atomic E-state index is 12.1. The summed E-state index contributed by atoms with van der Waals surface area (Å²) >= 11 is 0. The van der Waals surface area contributed by atoms with Crippen molar-refractivity contribution in [2.45, 2.75) is 6.92 Å².